The molecular formula is C24H17Cl2N3O. The molecule has 0 fully saturated rings. The number of benzene rings is 2. The minimum Gasteiger partial charge on any atom is -0.340 e. The number of aromatic nitrogens is 2. The van der Waals surface area contributed by atoms with Crippen molar-refractivity contribution in [2.24, 2.45) is 0 Å². The van der Waals surface area contributed by atoms with Crippen molar-refractivity contribution in [1.82, 2.24) is 15.3 Å². The highest BCUT2D eigenvalue weighted by Crippen LogP contribution is 2.24. The van der Waals surface area contributed by atoms with Crippen molar-refractivity contribution in [1.29, 1.82) is 0 Å². The first-order valence-electron chi connectivity index (χ1n) is 9.29. The Hall–Kier alpha value is -3.21. The lowest BCUT2D eigenvalue weighted by molar-refractivity contribution is 0.0942. The first kappa shape index (κ1) is 20.1. The molecule has 148 valence electrons. The number of nitrogens with zero attached hydrogens (tertiary/aromatic N) is 2. The first-order valence-corrected chi connectivity index (χ1v) is 10.0. The molecule has 1 unspecified atom stereocenters. The predicted molar refractivity (Wildman–Crippen MR) is 120 cm³/mol. The van der Waals surface area contributed by atoms with Crippen molar-refractivity contribution in [3.8, 4) is 11.3 Å². The van der Waals surface area contributed by atoms with Crippen molar-refractivity contribution >= 4 is 29.1 Å². The summed E-state index contributed by atoms with van der Waals surface area (Å²) in [5, 5.41) is 4.22. The smallest absolute Gasteiger partial charge is 0.252 e. The average Bonchev–Trinajstić information content (AvgIpc) is 2.79. The largest absolute Gasteiger partial charge is 0.340 e. The Morgan fingerprint density at radius 3 is 2.17 bits per heavy atom. The lowest BCUT2D eigenvalue weighted by Crippen LogP contribution is -2.29. The van der Waals surface area contributed by atoms with Crippen LogP contribution in [0.15, 0.2) is 91.3 Å². The molecule has 2 aromatic carbocycles. The zero-order valence-electron chi connectivity index (χ0n) is 15.8. The number of carbonyl (C=O) groups excluding carboxylic acids is 1. The van der Waals surface area contributed by atoms with E-state index in [0.29, 0.717) is 21.3 Å². The van der Waals surface area contributed by atoms with Crippen LogP contribution in [0.3, 0.4) is 0 Å². The molecular weight excluding hydrogens is 417 g/mol. The van der Waals surface area contributed by atoms with Crippen molar-refractivity contribution in [2.75, 3.05) is 0 Å². The summed E-state index contributed by atoms with van der Waals surface area (Å²) in [4.78, 5) is 21.7. The van der Waals surface area contributed by atoms with Gasteiger partial charge in [-0.1, -0.05) is 53.5 Å². The summed E-state index contributed by atoms with van der Waals surface area (Å²) in [5.41, 5.74) is 3.89. The van der Waals surface area contributed by atoms with Crippen LogP contribution in [0.25, 0.3) is 11.3 Å². The minimum absolute atomic E-state index is 0.209. The molecule has 1 atom stereocenters. The fourth-order valence-electron chi connectivity index (χ4n) is 3.08. The number of carbonyl (C=O) groups is 1. The van der Waals surface area contributed by atoms with E-state index in [2.05, 4.69) is 15.3 Å². The predicted octanol–water partition coefficient (Wildman–Crippen LogP) is 5.97. The van der Waals surface area contributed by atoms with Crippen LogP contribution < -0.4 is 5.32 Å². The van der Waals surface area contributed by atoms with Gasteiger partial charge in [0.1, 0.15) is 0 Å². The molecule has 0 radical (unpaired) electrons. The van der Waals surface area contributed by atoms with Crippen LogP contribution in [-0.4, -0.2) is 15.9 Å². The van der Waals surface area contributed by atoms with Gasteiger partial charge in [0.2, 0.25) is 0 Å². The SMILES string of the molecule is O=C(NC(c1ccc(Cl)cc1)c1ccc(Cl)cn1)c1ccc(-c2ccccn2)cc1. The number of hydrogen-bond acceptors (Lipinski definition) is 3. The number of halogens is 2. The zero-order chi connectivity index (χ0) is 20.9. The van der Waals surface area contributed by atoms with Gasteiger partial charge in [-0.15, -0.1) is 0 Å². The normalized spacial score (nSPS) is 11.7. The molecule has 1 amide bonds. The zero-order valence-corrected chi connectivity index (χ0v) is 17.3. The van der Waals surface area contributed by atoms with E-state index in [4.69, 9.17) is 23.2 Å². The summed E-state index contributed by atoms with van der Waals surface area (Å²) >= 11 is 12.0. The molecule has 0 aliphatic carbocycles. The third-order valence-electron chi connectivity index (χ3n) is 4.63. The van der Waals surface area contributed by atoms with Crippen LogP contribution >= 0.6 is 23.2 Å². The van der Waals surface area contributed by atoms with E-state index in [0.717, 1.165) is 16.8 Å². The highest BCUT2D eigenvalue weighted by molar-refractivity contribution is 6.30. The van der Waals surface area contributed by atoms with E-state index in [1.54, 1.807) is 48.8 Å². The molecule has 0 saturated heterocycles. The van der Waals surface area contributed by atoms with E-state index in [9.17, 15) is 4.79 Å². The van der Waals surface area contributed by atoms with Gasteiger partial charge < -0.3 is 5.32 Å². The maximum absolute atomic E-state index is 13.0. The molecule has 6 heteroatoms. The Kier molecular flexibility index (Phi) is 6.07. The summed E-state index contributed by atoms with van der Waals surface area (Å²) < 4.78 is 0. The molecule has 0 aliphatic heterocycles. The quantitative estimate of drug-likeness (QED) is 0.421. The fraction of sp³-hybridized carbons (Fsp3) is 0.0417. The van der Waals surface area contributed by atoms with Crippen molar-refractivity contribution in [2.45, 2.75) is 6.04 Å². The van der Waals surface area contributed by atoms with Gasteiger partial charge in [0.15, 0.2) is 0 Å². The Bertz CT molecular complexity index is 1080. The lowest BCUT2D eigenvalue weighted by Gasteiger charge is -2.19. The molecule has 1 N–H and O–H groups in total. The van der Waals surface area contributed by atoms with E-state index in [-0.39, 0.29) is 5.91 Å². The molecule has 4 rings (SSSR count). The molecule has 0 aliphatic rings. The van der Waals surface area contributed by atoms with Gasteiger partial charge in [-0.3, -0.25) is 14.8 Å². The molecule has 30 heavy (non-hydrogen) atoms. The number of hydrogen-bond donors (Lipinski definition) is 1. The number of rotatable bonds is 5. The molecule has 4 aromatic rings. The summed E-state index contributed by atoms with van der Waals surface area (Å²) in [5.74, 6) is -0.209. The number of nitrogens with one attached hydrogen (secondary N) is 1. The molecule has 0 bridgehead atoms. The molecule has 2 aromatic heterocycles. The highest BCUT2D eigenvalue weighted by Gasteiger charge is 2.19. The third-order valence-corrected chi connectivity index (χ3v) is 5.11. The van der Waals surface area contributed by atoms with E-state index >= 15 is 0 Å². The van der Waals surface area contributed by atoms with Gasteiger partial charge >= 0.3 is 0 Å². The van der Waals surface area contributed by atoms with Crippen LogP contribution in [0, 0.1) is 0 Å². The van der Waals surface area contributed by atoms with Crippen LogP contribution in [0.2, 0.25) is 10.0 Å². The van der Waals surface area contributed by atoms with E-state index < -0.39 is 6.04 Å². The van der Waals surface area contributed by atoms with Gasteiger partial charge in [0, 0.05) is 28.5 Å². The Morgan fingerprint density at radius 1 is 0.800 bits per heavy atom. The van der Waals surface area contributed by atoms with Gasteiger partial charge in [0.25, 0.3) is 5.91 Å². The second kappa shape index (κ2) is 9.08. The van der Waals surface area contributed by atoms with Crippen LogP contribution in [0.1, 0.15) is 27.7 Å². The standard InChI is InChI=1S/C24H17Cl2N3O/c25-19-10-8-17(9-11-19)23(22-13-12-20(26)15-28-22)29-24(30)18-6-4-16(5-7-18)21-3-1-2-14-27-21/h1-15,23H,(H,29,30). The fourth-order valence-corrected chi connectivity index (χ4v) is 3.32. The monoisotopic (exact) mass is 433 g/mol. The Balaban J connectivity index is 1.60. The number of amides is 1. The molecule has 2 heterocycles. The van der Waals surface area contributed by atoms with Crippen LogP contribution in [0.4, 0.5) is 0 Å². The van der Waals surface area contributed by atoms with Crippen molar-refractivity contribution in [3.05, 3.63) is 118 Å². The highest BCUT2D eigenvalue weighted by atomic mass is 35.5. The molecule has 0 saturated carbocycles. The molecule has 4 nitrogen and oxygen atoms in total. The summed E-state index contributed by atoms with van der Waals surface area (Å²) in [6.45, 7) is 0. The van der Waals surface area contributed by atoms with E-state index in [1.165, 1.54) is 0 Å². The summed E-state index contributed by atoms with van der Waals surface area (Å²) in [6, 6.07) is 23.5. The van der Waals surface area contributed by atoms with E-state index in [1.807, 2.05) is 42.5 Å². The Labute approximate surface area is 184 Å². The second-order valence-electron chi connectivity index (χ2n) is 6.65. The average molecular weight is 434 g/mol. The van der Waals surface area contributed by atoms with Gasteiger partial charge in [0.05, 0.1) is 22.5 Å². The maximum atomic E-state index is 13.0. The summed E-state index contributed by atoms with van der Waals surface area (Å²) in [7, 11) is 0. The van der Waals surface area contributed by atoms with Crippen LogP contribution in [-0.2, 0) is 0 Å². The van der Waals surface area contributed by atoms with Crippen LogP contribution in [0.5, 0.6) is 0 Å². The first-order chi connectivity index (χ1) is 14.6. The Morgan fingerprint density at radius 2 is 1.53 bits per heavy atom. The lowest BCUT2D eigenvalue weighted by atomic mass is 10.0. The van der Waals surface area contributed by atoms with Gasteiger partial charge in [-0.25, -0.2) is 0 Å². The molecule has 0 spiro atoms. The van der Waals surface area contributed by atoms with Crippen molar-refractivity contribution < 1.29 is 4.79 Å². The summed E-state index contributed by atoms with van der Waals surface area (Å²) in [6.07, 6.45) is 3.30. The van der Waals surface area contributed by atoms with Crippen molar-refractivity contribution in [3.63, 3.8) is 0 Å². The van der Waals surface area contributed by atoms with Gasteiger partial charge in [-0.2, -0.15) is 0 Å². The van der Waals surface area contributed by atoms with Gasteiger partial charge in [-0.05, 0) is 54.1 Å². The number of pyridine rings is 2. The third kappa shape index (κ3) is 4.67. The topological polar surface area (TPSA) is 54.9 Å². The minimum atomic E-state index is -0.442. The second-order valence-corrected chi connectivity index (χ2v) is 7.52. The maximum Gasteiger partial charge on any atom is 0.252 e.